The van der Waals surface area contributed by atoms with E-state index in [9.17, 15) is 4.79 Å². The van der Waals surface area contributed by atoms with Crippen LogP contribution in [0, 0.1) is 13.8 Å². The SMILES string of the molecule is Cc1nc(C(=O)N(C)C)c(C)s1. The average molecular weight is 184 g/mol. The van der Waals surface area contributed by atoms with Crippen LogP contribution in [-0.2, 0) is 0 Å². The van der Waals surface area contributed by atoms with Gasteiger partial charge < -0.3 is 4.90 Å². The molecule has 1 heterocycles. The van der Waals surface area contributed by atoms with Gasteiger partial charge in [-0.3, -0.25) is 4.79 Å². The summed E-state index contributed by atoms with van der Waals surface area (Å²) in [6.07, 6.45) is 0. The minimum atomic E-state index is -0.0168. The number of carbonyl (C=O) groups excluding carboxylic acids is 1. The highest BCUT2D eigenvalue weighted by Gasteiger charge is 2.14. The molecule has 0 atom stereocenters. The molecule has 0 N–H and O–H groups in total. The van der Waals surface area contributed by atoms with Crippen molar-refractivity contribution in [3.8, 4) is 0 Å². The van der Waals surface area contributed by atoms with Gasteiger partial charge in [0.05, 0.1) is 5.01 Å². The molecule has 1 aromatic rings. The summed E-state index contributed by atoms with van der Waals surface area (Å²) in [7, 11) is 3.47. The van der Waals surface area contributed by atoms with Gasteiger partial charge in [0, 0.05) is 19.0 Å². The maximum Gasteiger partial charge on any atom is 0.273 e. The molecule has 0 aliphatic carbocycles. The molecule has 0 bridgehead atoms. The van der Waals surface area contributed by atoms with E-state index in [2.05, 4.69) is 4.98 Å². The van der Waals surface area contributed by atoms with Crippen LogP contribution in [0.15, 0.2) is 0 Å². The van der Waals surface area contributed by atoms with Crippen molar-refractivity contribution < 1.29 is 4.79 Å². The van der Waals surface area contributed by atoms with Crippen molar-refractivity contribution in [3.05, 3.63) is 15.6 Å². The van der Waals surface area contributed by atoms with Crippen LogP contribution in [-0.4, -0.2) is 29.9 Å². The fourth-order valence-electron chi connectivity index (χ4n) is 0.939. The quantitative estimate of drug-likeness (QED) is 0.662. The van der Waals surface area contributed by atoms with Crippen molar-refractivity contribution in [1.29, 1.82) is 0 Å². The summed E-state index contributed by atoms with van der Waals surface area (Å²) < 4.78 is 0. The van der Waals surface area contributed by atoms with Crippen molar-refractivity contribution in [2.24, 2.45) is 0 Å². The molecule has 0 radical (unpaired) electrons. The van der Waals surface area contributed by atoms with E-state index in [4.69, 9.17) is 0 Å². The van der Waals surface area contributed by atoms with Crippen molar-refractivity contribution in [2.75, 3.05) is 14.1 Å². The first-order chi connectivity index (χ1) is 5.52. The van der Waals surface area contributed by atoms with Crippen LogP contribution in [0.3, 0.4) is 0 Å². The standard InChI is InChI=1S/C8H12N2OS/c1-5-7(8(11)10(3)4)9-6(2)12-5/h1-4H3. The molecule has 4 heteroatoms. The summed E-state index contributed by atoms with van der Waals surface area (Å²) in [6, 6.07) is 0. The van der Waals surface area contributed by atoms with E-state index in [1.165, 1.54) is 0 Å². The van der Waals surface area contributed by atoms with Gasteiger partial charge in [-0.15, -0.1) is 11.3 Å². The Balaban J connectivity index is 3.02. The van der Waals surface area contributed by atoms with Crippen LogP contribution in [0.25, 0.3) is 0 Å². The van der Waals surface area contributed by atoms with E-state index >= 15 is 0 Å². The predicted octanol–water partition coefficient (Wildman–Crippen LogP) is 1.46. The van der Waals surface area contributed by atoms with Gasteiger partial charge in [-0.2, -0.15) is 0 Å². The lowest BCUT2D eigenvalue weighted by Gasteiger charge is -2.07. The van der Waals surface area contributed by atoms with E-state index in [0.29, 0.717) is 5.69 Å². The third-order valence-corrected chi connectivity index (χ3v) is 2.40. The van der Waals surface area contributed by atoms with Crippen LogP contribution in [0.4, 0.5) is 0 Å². The molecule has 0 saturated carbocycles. The summed E-state index contributed by atoms with van der Waals surface area (Å²) in [4.78, 5) is 18.1. The predicted molar refractivity (Wildman–Crippen MR) is 49.6 cm³/mol. The maximum absolute atomic E-state index is 11.4. The van der Waals surface area contributed by atoms with Crippen LogP contribution in [0.1, 0.15) is 20.4 Å². The number of hydrogen-bond acceptors (Lipinski definition) is 3. The topological polar surface area (TPSA) is 33.2 Å². The van der Waals surface area contributed by atoms with Crippen LogP contribution < -0.4 is 0 Å². The Bertz CT molecular complexity index is 304. The van der Waals surface area contributed by atoms with Crippen LogP contribution in [0.2, 0.25) is 0 Å². The Kier molecular flexibility index (Phi) is 2.47. The highest BCUT2D eigenvalue weighted by Crippen LogP contribution is 2.16. The Morgan fingerprint density at radius 2 is 2.00 bits per heavy atom. The molecule has 1 rings (SSSR count). The smallest absolute Gasteiger partial charge is 0.273 e. The zero-order valence-electron chi connectivity index (χ0n) is 7.71. The zero-order chi connectivity index (χ0) is 9.30. The van der Waals surface area contributed by atoms with E-state index in [-0.39, 0.29) is 5.91 Å². The van der Waals surface area contributed by atoms with Crippen molar-refractivity contribution in [3.63, 3.8) is 0 Å². The van der Waals surface area contributed by atoms with Gasteiger partial charge in [0.1, 0.15) is 5.69 Å². The molecule has 1 amide bonds. The summed E-state index contributed by atoms with van der Waals surface area (Å²) in [6.45, 7) is 3.82. The second-order valence-electron chi connectivity index (χ2n) is 2.84. The van der Waals surface area contributed by atoms with E-state index in [1.807, 2.05) is 13.8 Å². The molecule has 0 aliphatic heterocycles. The molecule has 0 fully saturated rings. The molecule has 3 nitrogen and oxygen atoms in total. The largest absolute Gasteiger partial charge is 0.343 e. The number of carbonyl (C=O) groups is 1. The van der Waals surface area contributed by atoms with Crippen LogP contribution >= 0.6 is 11.3 Å². The Hall–Kier alpha value is -0.900. The fraction of sp³-hybridized carbons (Fsp3) is 0.500. The lowest BCUT2D eigenvalue weighted by atomic mass is 10.3. The molecule has 0 spiro atoms. The first kappa shape index (κ1) is 9.19. The number of nitrogens with zero attached hydrogens (tertiary/aromatic N) is 2. The number of aryl methyl sites for hydroxylation is 2. The minimum absolute atomic E-state index is 0.0168. The normalized spacial score (nSPS) is 10.0. The first-order valence-corrected chi connectivity index (χ1v) is 4.49. The van der Waals surface area contributed by atoms with Gasteiger partial charge in [-0.25, -0.2) is 4.98 Å². The fourth-order valence-corrected chi connectivity index (χ4v) is 1.75. The van der Waals surface area contributed by atoms with Crippen molar-refractivity contribution in [1.82, 2.24) is 9.88 Å². The molecule has 1 aromatic heterocycles. The molecule has 0 unspecified atom stereocenters. The number of rotatable bonds is 1. The first-order valence-electron chi connectivity index (χ1n) is 3.68. The number of hydrogen-bond donors (Lipinski definition) is 0. The minimum Gasteiger partial charge on any atom is -0.343 e. The Morgan fingerprint density at radius 1 is 1.42 bits per heavy atom. The molecule has 0 aliphatic rings. The lowest BCUT2D eigenvalue weighted by molar-refractivity contribution is 0.0822. The van der Waals surface area contributed by atoms with Gasteiger partial charge in [0.2, 0.25) is 0 Å². The molecule has 0 saturated heterocycles. The average Bonchev–Trinajstić information content (AvgIpc) is 2.28. The number of amides is 1. The lowest BCUT2D eigenvalue weighted by Crippen LogP contribution is -2.22. The molecular formula is C8H12N2OS. The van der Waals surface area contributed by atoms with E-state index in [1.54, 1.807) is 30.3 Å². The summed E-state index contributed by atoms with van der Waals surface area (Å²) in [5.41, 5.74) is 0.586. The van der Waals surface area contributed by atoms with Gasteiger partial charge in [-0.05, 0) is 13.8 Å². The van der Waals surface area contributed by atoms with Gasteiger partial charge >= 0.3 is 0 Å². The van der Waals surface area contributed by atoms with Gasteiger partial charge in [0.25, 0.3) is 5.91 Å². The summed E-state index contributed by atoms with van der Waals surface area (Å²) >= 11 is 1.56. The van der Waals surface area contributed by atoms with E-state index < -0.39 is 0 Å². The Morgan fingerprint density at radius 3 is 2.33 bits per heavy atom. The zero-order valence-corrected chi connectivity index (χ0v) is 8.53. The second-order valence-corrected chi connectivity index (χ2v) is 4.24. The summed E-state index contributed by atoms with van der Waals surface area (Å²) in [5.74, 6) is -0.0168. The molecule has 0 aromatic carbocycles. The molecular weight excluding hydrogens is 172 g/mol. The number of aromatic nitrogens is 1. The Labute approximate surface area is 76.0 Å². The number of thiazole rings is 1. The summed E-state index contributed by atoms with van der Waals surface area (Å²) in [5, 5.41) is 0.942. The van der Waals surface area contributed by atoms with Crippen molar-refractivity contribution >= 4 is 17.2 Å². The van der Waals surface area contributed by atoms with Gasteiger partial charge in [0.15, 0.2) is 0 Å². The highest BCUT2D eigenvalue weighted by atomic mass is 32.1. The van der Waals surface area contributed by atoms with Crippen LogP contribution in [0.5, 0.6) is 0 Å². The monoisotopic (exact) mass is 184 g/mol. The third kappa shape index (κ3) is 1.64. The van der Waals surface area contributed by atoms with Crippen molar-refractivity contribution in [2.45, 2.75) is 13.8 Å². The third-order valence-electron chi connectivity index (χ3n) is 1.51. The molecule has 12 heavy (non-hydrogen) atoms. The second kappa shape index (κ2) is 3.23. The van der Waals surface area contributed by atoms with E-state index in [0.717, 1.165) is 9.88 Å². The van der Waals surface area contributed by atoms with Gasteiger partial charge in [-0.1, -0.05) is 0 Å². The maximum atomic E-state index is 11.4. The molecule has 66 valence electrons. The highest BCUT2D eigenvalue weighted by molar-refractivity contribution is 7.11.